The highest BCUT2D eigenvalue weighted by Crippen LogP contribution is 2.27. The van der Waals surface area contributed by atoms with E-state index in [2.05, 4.69) is 42.5 Å². The molecule has 2 N–H and O–H groups in total. The van der Waals surface area contributed by atoms with Crippen molar-refractivity contribution in [2.75, 3.05) is 0 Å². The second kappa shape index (κ2) is 5.75. The second-order valence-corrected chi connectivity index (χ2v) is 5.95. The molecule has 3 rings (SSSR count). The molecule has 0 heterocycles. The zero-order valence-electron chi connectivity index (χ0n) is 11.5. The van der Waals surface area contributed by atoms with Crippen molar-refractivity contribution in [1.82, 2.24) is 0 Å². The molecule has 0 aromatic heterocycles. The quantitative estimate of drug-likeness (QED) is 0.867. The van der Waals surface area contributed by atoms with Gasteiger partial charge in [0.1, 0.15) is 0 Å². The van der Waals surface area contributed by atoms with Crippen molar-refractivity contribution in [2.45, 2.75) is 44.6 Å². The van der Waals surface area contributed by atoms with E-state index in [1.165, 1.54) is 48.4 Å². The van der Waals surface area contributed by atoms with Crippen LogP contribution in [-0.2, 0) is 6.42 Å². The first kappa shape index (κ1) is 12.7. The van der Waals surface area contributed by atoms with E-state index in [0.29, 0.717) is 6.04 Å². The average molecular weight is 253 g/mol. The van der Waals surface area contributed by atoms with Crippen LogP contribution in [0, 0.1) is 5.92 Å². The van der Waals surface area contributed by atoms with Gasteiger partial charge in [-0.1, -0.05) is 61.7 Å². The Bertz CT molecular complexity index is 540. The Kier molecular flexibility index (Phi) is 3.84. The summed E-state index contributed by atoms with van der Waals surface area (Å²) < 4.78 is 0. The number of benzene rings is 2. The molecule has 1 saturated carbocycles. The number of hydrogen-bond acceptors (Lipinski definition) is 1. The van der Waals surface area contributed by atoms with Crippen LogP contribution in [0.1, 0.15) is 37.7 Å². The molecule has 100 valence electrons. The van der Waals surface area contributed by atoms with Gasteiger partial charge in [0.05, 0.1) is 0 Å². The molecular formula is C18H23N. The molecule has 1 aliphatic carbocycles. The van der Waals surface area contributed by atoms with Crippen LogP contribution in [0.4, 0.5) is 0 Å². The highest BCUT2D eigenvalue weighted by Gasteiger charge is 2.20. The topological polar surface area (TPSA) is 26.0 Å². The van der Waals surface area contributed by atoms with Gasteiger partial charge in [0, 0.05) is 6.04 Å². The van der Waals surface area contributed by atoms with Crippen molar-refractivity contribution in [3.63, 3.8) is 0 Å². The monoisotopic (exact) mass is 253 g/mol. The Morgan fingerprint density at radius 3 is 2.47 bits per heavy atom. The summed E-state index contributed by atoms with van der Waals surface area (Å²) in [4.78, 5) is 0. The third kappa shape index (κ3) is 2.98. The fourth-order valence-electron chi connectivity index (χ4n) is 3.37. The molecule has 0 saturated heterocycles. The molecular weight excluding hydrogens is 230 g/mol. The zero-order chi connectivity index (χ0) is 13.1. The van der Waals surface area contributed by atoms with Crippen LogP contribution in [0.15, 0.2) is 42.5 Å². The number of nitrogens with two attached hydrogens (primary N) is 1. The van der Waals surface area contributed by atoms with Gasteiger partial charge in [-0.3, -0.25) is 0 Å². The van der Waals surface area contributed by atoms with Crippen molar-refractivity contribution < 1.29 is 0 Å². The molecule has 0 aliphatic heterocycles. The van der Waals surface area contributed by atoms with Crippen LogP contribution in [0.3, 0.4) is 0 Å². The van der Waals surface area contributed by atoms with E-state index in [1.54, 1.807) is 0 Å². The summed E-state index contributed by atoms with van der Waals surface area (Å²) >= 11 is 0. The second-order valence-electron chi connectivity index (χ2n) is 5.95. The lowest BCUT2D eigenvalue weighted by Crippen LogP contribution is -2.33. The molecule has 1 unspecified atom stereocenters. The maximum Gasteiger partial charge on any atom is 0.0108 e. The summed E-state index contributed by atoms with van der Waals surface area (Å²) in [5.74, 6) is 0.736. The van der Waals surface area contributed by atoms with Gasteiger partial charge in [0.25, 0.3) is 0 Å². The van der Waals surface area contributed by atoms with E-state index >= 15 is 0 Å². The molecule has 1 atom stereocenters. The zero-order valence-corrected chi connectivity index (χ0v) is 11.5. The first-order valence-corrected chi connectivity index (χ1v) is 7.56. The standard InChI is InChI=1S/C18H23N/c19-18(16-7-2-1-3-8-16)13-14-10-11-15-6-4-5-9-17(15)12-14/h4-6,9-12,16,18H,1-3,7-8,13,19H2. The summed E-state index contributed by atoms with van der Waals surface area (Å²) in [6.07, 6.45) is 7.82. The molecule has 1 aliphatic rings. The Labute approximate surface area is 115 Å². The van der Waals surface area contributed by atoms with Crippen LogP contribution in [0.2, 0.25) is 0 Å². The summed E-state index contributed by atoms with van der Waals surface area (Å²) in [6.45, 7) is 0. The van der Waals surface area contributed by atoms with Gasteiger partial charge in [-0.15, -0.1) is 0 Å². The molecule has 1 heteroatoms. The Balaban J connectivity index is 1.73. The molecule has 1 fully saturated rings. The van der Waals surface area contributed by atoms with Gasteiger partial charge in [-0.25, -0.2) is 0 Å². The summed E-state index contributed by atoms with van der Waals surface area (Å²) in [6, 6.07) is 15.6. The minimum absolute atomic E-state index is 0.335. The van der Waals surface area contributed by atoms with E-state index in [-0.39, 0.29) is 0 Å². The van der Waals surface area contributed by atoms with Crippen LogP contribution >= 0.6 is 0 Å². The van der Waals surface area contributed by atoms with Gasteiger partial charge in [-0.05, 0) is 41.5 Å². The van der Waals surface area contributed by atoms with E-state index in [4.69, 9.17) is 5.73 Å². The van der Waals surface area contributed by atoms with Gasteiger partial charge in [-0.2, -0.15) is 0 Å². The smallest absolute Gasteiger partial charge is 0.0108 e. The van der Waals surface area contributed by atoms with Crippen molar-refractivity contribution in [1.29, 1.82) is 0 Å². The van der Waals surface area contributed by atoms with E-state index in [9.17, 15) is 0 Å². The third-order valence-electron chi connectivity index (χ3n) is 4.54. The van der Waals surface area contributed by atoms with E-state index < -0.39 is 0 Å². The molecule has 1 nitrogen and oxygen atoms in total. The van der Waals surface area contributed by atoms with Crippen molar-refractivity contribution in [3.8, 4) is 0 Å². The maximum atomic E-state index is 6.42. The predicted molar refractivity (Wildman–Crippen MR) is 82.2 cm³/mol. The third-order valence-corrected chi connectivity index (χ3v) is 4.54. The van der Waals surface area contributed by atoms with Gasteiger partial charge in [0.15, 0.2) is 0 Å². The highest BCUT2D eigenvalue weighted by molar-refractivity contribution is 5.82. The average Bonchev–Trinajstić information content (AvgIpc) is 2.48. The Hall–Kier alpha value is -1.34. The lowest BCUT2D eigenvalue weighted by molar-refractivity contribution is 0.303. The van der Waals surface area contributed by atoms with Crippen LogP contribution < -0.4 is 5.73 Å². The fourth-order valence-corrected chi connectivity index (χ4v) is 3.37. The summed E-state index contributed by atoms with van der Waals surface area (Å²) in [5, 5.41) is 2.65. The minimum Gasteiger partial charge on any atom is -0.327 e. The van der Waals surface area contributed by atoms with Crippen molar-refractivity contribution in [3.05, 3.63) is 48.0 Å². The van der Waals surface area contributed by atoms with Crippen LogP contribution in [0.5, 0.6) is 0 Å². The summed E-state index contributed by atoms with van der Waals surface area (Å²) in [7, 11) is 0. The van der Waals surface area contributed by atoms with Crippen molar-refractivity contribution >= 4 is 10.8 Å². The minimum atomic E-state index is 0.335. The molecule has 0 amide bonds. The number of fused-ring (bicyclic) bond motifs is 1. The molecule has 2 aromatic carbocycles. The molecule has 0 bridgehead atoms. The maximum absolute atomic E-state index is 6.42. The molecule has 0 radical (unpaired) electrons. The fraction of sp³-hybridized carbons (Fsp3) is 0.444. The number of rotatable bonds is 3. The predicted octanol–water partition coefficient (Wildman–Crippen LogP) is 4.29. The van der Waals surface area contributed by atoms with Crippen molar-refractivity contribution in [2.24, 2.45) is 11.7 Å². The number of hydrogen-bond donors (Lipinski definition) is 1. The Morgan fingerprint density at radius 2 is 1.68 bits per heavy atom. The Morgan fingerprint density at radius 1 is 0.947 bits per heavy atom. The van der Waals surface area contributed by atoms with Gasteiger partial charge >= 0.3 is 0 Å². The first-order valence-electron chi connectivity index (χ1n) is 7.56. The van der Waals surface area contributed by atoms with Crippen LogP contribution in [-0.4, -0.2) is 6.04 Å². The van der Waals surface area contributed by atoms with E-state index in [1.807, 2.05) is 0 Å². The lowest BCUT2D eigenvalue weighted by atomic mass is 9.82. The summed E-state index contributed by atoms with van der Waals surface area (Å²) in [5.41, 5.74) is 7.81. The lowest BCUT2D eigenvalue weighted by Gasteiger charge is -2.27. The van der Waals surface area contributed by atoms with E-state index in [0.717, 1.165) is 12.3 Å². The van der Waals surface area contributed by atoms with Gasteiger partial charge in [0.2, 0.25) is 0 Å². The molecule has 19 heavy (non-hydrogen) atoms. The normalized spacial score (nSPS) is 18.6. The molecule has 0 spiro atoms. The van der Waals surface area contributed by atoms with Crippen LogP contribution in [0.25, 0.3) is 10.8 Å². The highest BCUT2D eigenvalue weighted by atomic mass is 14.6. The first-order chi connectivity index (χ1) is 9.33. The SMILES string of the molecule is NC(Cc1ccc2ccccc2c1)C1CCCCC1. The largest absolute Gasteiger partial charge is 0.327 e. The molecule has 2 aromatic rings. The van der Waals surface area contributed by atoms with Gasteiger partial charge < -0.3 is 5.73 Å².